The first-order valence-corrected chi connectivity index (χ1v) is 8.86. The predicted octanol–water partition coefficient (Wildman–Crippen LogP) is 5.74. The van der Waals surface area contributed by atoms with Crippen LogP contribution in [0.4, 0.5) is 0 Å². The first kappa shape index (κ1) is 17.7. The maximum atomic E-state index is 3.64. The summed E-state index contributed by atoms with van der Waals surface area (Å²) in [7, 11) is 0. The van der Waals surface area contributed by atoms with Crippen molar-refractivity contribution < 1.29 is 0 Å². The fourth-order valence-electron chi connectivity index (χ4n) is 2.34. The van der Waals surface area contributed by atoms with Gasteiger partial charge in [-0.1, -0.05) is 60.8 Å². The van der Waals surface area contributed by atoms with Gasteiger partial charge in [0.2, 0.25) is 0 Å². The molecule has 0 radical (unpaired) electrons. The Labute approximate surface area is 130 Å². The molecule has 0 aliphatic rings. The Kier molecular flexibility index (Phi) is 6.74. The molecule has 0 unspecified atom stereocenters. The SMILES string of the molecule is CCCCCC(C)(C)CNCc1ccc(C(C)(C)C)s1. The molecule has 0 spiro atoms. The van der Waals surface area contributed by atoms with Crippen molar-refractivity contribution in [3.63, 3.8) is 0 Å². The van der Waals surface area contributed by atoms with E-state index in [1.807, 2.05) is 11.3 Å². The Morgan fingerprint density at radius 1 is 1.05 bits per heavy atom. The van der Waals surface area contributed by atoms with E-state index in [4.69, 9.17) is 0 Å². The van der Waals surface area contributed by atoms with Gasteiger partial charge in [-0.2, -0.15) is 0 Å². The molecule has 116 valence electrons. The normalized spacial score (nSPS) is 12.9. The molecule has 0 atom stereocenters. The maximum Gasteiger partial charge on any atom is 0.0300 e. The van der Waals surface area contributed by atoms with Gasteiger partial charge in [0, 0.05) is 22.8 Å². The van der Waals surface area contributed by atoms with Crippen molar-refractivity contribution >= 4 is 11.3 Å². The lowest BCUT2D eigenvalue weighted by Crippen LogP contribution is -2.28. The van der Waals surface area contributed by atoms with Crippen LogP contribution in [0.5, 0.6) is 0 Å². The third-order valence-corrected chi connectivity index (χ3v) is 5.27. The molecular weight excluding hydrogens is 262 g/mol. The van der Waals surface area contributed by atoms with Crippen LogP contribution in [0.1, 0.15) is 77.0 Å². The number of rotatable bonds is 8. The summed E-state index contributed by atoms with van der Waals surface area (Å²) in [6.45, 7) is 16.0. The van der Waals surface area contributed by atoms with Gasteiger partial charge in [-0.15, -0.1) is 11.3 Å². The number of hydrogen-bond donors (Lipinski definition) is 1. The van der Waals surface area contributed by atoms with Gasteiger partial charge in [0.05, 0.1) is 0 Å². The first-order chi connectivity index (χ1) is 9.24. The Bertz CT molecular complexity index is 384. The van der Waals surface area contributed by atoms with Crippen LogP contribution in [0.2, 0.25) is 0 Å². The highest BCUT2D eigenvalue weighted by Gasteiger charge is 2.18. The molecule has 0 fully saturated rings. The second-order valence-corrected chi connectivity index (χ2v) is 8.91. The molecule has 0 aromatic carbocycles. The summed E-state index contributed by atoms with van der Waals surface area (Å²) in [5, 5.41) is 3.64. The van der Waals surface area contributed by atoms with Crippen LogP contribution in [0, 0.1) is 5.41 Å². The molecule has 2 heteroatoms. The van der Waals surface area contributed by atoms with E-state index in [0.29, 0.717) is 5.41 Å². The third-order valence-electron chi connectivity index (χ3n) is 3.76. The Morgan fingerprint density at radius 2 is 1.75 bits per heavy atom. The minimum Gasteiger partial charge on any atom is -0.311 e. The van der Waals surface area contributed by atoms with E-state index in [-0.39, 0.29) is 5.41 Å². The topological polar surface area (TPSA) is 12.0 Å². The van der Waals surface area contributed by atoms with Crippen molar-refractivity contribution in [3.05, 3.63) is 21.9 Å². The van der Waals surface area contributed by atoms with E-state index in [2.05, 4.69) is 59.0 Å². The summed E-state index contributed by atoms with van der Waals surface area (Å²) in [6.07, 6.45) is 5.36. The Morgan fingerprint density at radius 3 is 2.30 bits per heavy atom. The summed E-state index contributed by atoms with van der Waals surface area (Å²) in [6, 6.07) is 4.57. The van der Waals surface area contributed by atoms with Crippen LogP contribution < -0.4 is 5.32 Å². The van der Waals surface area contributed by atoms with Gasteiger partial charge >= 0.3 is 0 Å². The van der Waals surface area contributed by atoms with Gasteiger partial charge in [0.15, 0.2) is 0 Å². The van der Waals surface area contributed by atoms with Gasteiger partial charge in [-0.25, -0.2) is 0 Å². The predicted molar refractivity (Wildman–Crippen MR) is 92.6 cm³/mol. The second kappa shape index (κ2) is 7.61. The number of unbranched alkanes of at least 4 members (excludes halogenated alkanes) is 2. The van der Waals surface area contributed by atoms with Crippen molar-refractivity contribution in [2.75, 3.05) is 6.54 Å². The van der Waals surface area contributed by atoms with Crippen molar-refractivity contribution in [1.29, 1.82) is 0 Å². The molecule has 1 aromatic heterocycles. The quantitative estimate of drug-likeness (QED) is 0.603. The van der Waals surface area contributed by atoms with E-state index < -0.39 is 0 Å². The maximum absolute atomic E-state index is 3.64. The summed E-state index contributed by atoms with van der Waals surface area (Å²) >= 11 is 1.95. The molecule has 1 aromatic rings. The van der Waals surface area contributed by atoms with E-state index >= 15 is 0 Å². The van der Waals surface area contributed by atoms with Crippen molar-refractivity contribution in [2.24, 2.45) is 5.41 Å². The largest absolute Gasteiger partial charge is 0.311 e. The molecule has 0 aliphatic heterocycles. The molecule has 0 aliphatic carbocycles. The zero-order valence-corrected chi connectivity index (χ0v) is 15.1. The minimum absolute atomic E-state index is 0.280. The monoisotopic (exact) mass is 295 g/mol. The summed E-state index contributed by atoms with van der Waals surface area (Å²) in [4.78, 5) is 2.94. The summed E-state index contributed by atoms with van der Waals surface area (Å²) in [5.74, 6) is 0. The molecule has 20 heavy (non-hydrogen) atoms. The highest BCUT2D eigenvalue weighted by molar-refractivity contribution is 7.12. The van der Waals surface area contributed by atoms with Crippen LogP contribution in [-0.4, -0.2) is 6.54 Å². The zero-order valence-electron chi connectivity index (χ0n) is 14.3. The van der Waals surface area contributed by atoms with E-state index in [0.717, 1.165) is 13.1 Å². The van der Waals surface area contributed by atoms with Crippen LogP contribution in [0.3, 0.4) is 0 Å². The van der Waals surface area contributed by atoms with E-state index in [1.54, 1.807) is 0 Å². The van der Waals surface area contributed by atoms with Crippen molar-refractivity contribution in [1.82, 2.24) is 5.32 Å². The van der Waals surface area contributed by atoms with Gasteiger partial charge in [0.25, 0.3) is 0 Å². The smallest absolute Gasteiger partial charge is 0.0300 e. The molecule has 1 rings (SSSR count). The second-order valence-electron chi connectivity index (χ2n) is 7.74. The molecule has 1 nitrogen and oxygen atoms in total. The molecular formula is C18H33NS. The standard InChI is InChI=1S/C18H33NS/c1-7-8-9-12-18(5,6)14-19-13-15-10-11-16(20-15)17(2,3)4/h10-11,19H,7-9,12-14H2,1-6H3. The first-order valence-electron chi connectivity index (χ1n) is 8.04. The number of hydrogen-bond acceptors (Lipinski definition) is 2. The van der Waals surface area contributed by atoms with Gasteiger partial charge in [-0.05, 0) is 29.4 Å². The lowest BCUT2D eigenvalue weighted by atomic mass is 9.87. The van der Waals surface area contributed by atoms with Crippen LogP contribution in [0.15, 0.2) is 12.1 Å². The van der Waals surface area contributed by atoms with E-state index in [9.17, 15) is 0 Å². The fourth-order valence-corrected chi connectivity index (χ4v) is 3.38. The lowest BCUT2D eigenvalue weighted by Gasteiger charge is -2.25. The van der Waals surface area contributed by atoms with Gasteiger partial charge in [-0.3, -0.25) is 0 Å². The van der Waals surface area contributed by atoms with Gasteiger partial charge in [0.1, 0.15) is 0 Å². The fraction of sp³-hybridized carbons (Fsp3) is 0.778. The molecule has 1 heterocycles. The van der Waals surface area contributed by atoms with E-state index in [1.165, 1.54) is 35.4 Å². The molecule has 0 saturated carbocycles. The van der Waals surface area contributed by atoms with Crippen molar-refractivity contribution in [3.8, 4) is 0 Å². The Hall–Kier alpha value is -0.340. The van der Waals surface area contributed by atoms with Gasteiger partial charge < -0.3 is 5.32 Å². The summed E-state index contributed by atoms with van der Waals surface area (Å²) in [5.41, 5.74) is 0.696. The van der Waals surface area contributed by atoms with Crippen LogP contribution in [0.25, 0.3) is 0 Å². The molecule has 1 N–H and O–H groups in total. The zero-order chi connectivity index (χ0) is 15.2. The van der Waals surface area contributed by atoms with Crippen molar-refractivity contribution in [2.45, 2.75) is 79.2 Å². The third kappa shape index (κ3) is 6.41. The highest BCUT2D eigenvalue weighted by atomic mass is 32.1. The Balaban J connectivity index is 2.35. The number of nitrogens with one attached hydrogen (secondary N) is 1. The molecule has 0 saturated heterocycles. The molecule has 0 amide bonds. The number of thiophene rings is 1. The average Bonchev–Trinajstić information content (AvgIpc) is 2.77. The van der Waals surface area contributed by atoms with Crippen LogP contribution >= 0.6 is 11.3 Å². The average molecular weight is 296 g/mol. The summed E-state index contributed by atoms with van der Waals surface area (Å²) < 4.78 is 0. The molecule has 0 bridgehead atoms. The minimum atomic E-state index is 0.280. The van der Waals surface area contributed by atoms with Crippen LogP contribution in [-0.2, 0) is 12.0 Å². The lowest BCUT2D eigenvalue weighted by molar-refractivity contribution is 0.302. The highest BCUT2D eigenvalue weighted by Crippen LogP contribution is 2.29.